The lowest BCUT2D eigenvalue weighted by molar-refractivity contribution is -0.122. The van der Waals surface area contributed by atoms with Gasteiger partial charge in [-0.2, -0.15) is 0 Å². The van der Waals surface area contributed by atoms with E-state index in [1.54, 1.807) is 36.4 Å². The number of nitrogens with one attached hydrogen (secondary N) is 1. The van der Waals surface area contributed by atoms with Gasteiger partial charge in [0.15, 0.2) is 11.5 Å². The second kappa shape index (κ2) is 10.7. The van der Waals surface area contributed by atoms with E-state index in [1.807, 2.05) is 19.1 Å². The monoisotopic (exact) mass is 552 g/mol. The summed E-state index contributed by atoms with van der Waals surface area (Å²) in [7, 11) is 1.45. The molecule has 1 N–H and O–H groups in total. The van der Waals surface area contributed by atoms with E-state index in [2.05, 4.69) is 21.2 Å². The first-order valence-corrected chi connectivity index (χ1v) is 11.9. The molecular formula is C27H22BrFN2O5. The lowest BCUT2D eigenvalue weighted by Gasteiger charge is -2.28. The van der Waals surface area contributed by atoms with E-state index in [4.69, 9.17) is 9.47 Å². The summed E-state index contributed by atoms with van der Waals surface area (Å²) in [5.41, 5.74) is 2.10. The van der Waals surface area contributed by atoms with Crippen molar-refractivity contribution in [2.24, 2.45) is 0 Å². The first-order valence-electron chi connectivity index (χ1n) is 11.1. The Morgan fingerprint density at radius 1 is 1.06 bits per heavy atom. The van der Waals surface area contributed by atoms with E-state index in [9.17, 15) is 18.8 Å². The Balaban J connectivity index is 1.66. The van der Waals surface area contributed by atoms with Gasteiger partial charge < -0.3 is 9.47 Å². The molecule has 0 aromatic heterocycles. The minimum absolute atomic E-state index is 0.0992. The van der Waals surface area contributed by atoms with Crippen molar-refractivity contribution in [2.45, 2.75) is 20.0 Å². The number of para-hydroxylation sites is 1. The molecule has 0 atom stereocenters. The Bertz CT molecular complexity index is 1390. The Morgan fingerprint density at radius 2 is 1.83 bits per heavy atom. The van der Waals surface area contributed by atoms with Gasteiger partial charge in [0.05, 0.1) is 17.3 Å². The van der Waals surface area contributed by atoms with Crippen molar-refractivity contribution >= 4 is 45.5 Å². The minimum Gasteiger partial charge on any atom is -0.493 e. The van der Waals surface area contributed by atoms with E-state index in [0.717, 1.165) is 10.5 Å². The highest BCUT2D eigenvalue weighted by Gasteiger charge is 2.37. The van der Waals surface area contributed by atoms with E-state index in [1.165, 1.54) is 25.3 Å². The van der Waals surface area contributed by atoms with Crippen LogP contribution >= 0.6 is 15.9 Å². The third-order valence-electron chi connectivity index (χ3n) is 5.55. The first kappa shape index (κ1) is 25.1. The fourth-order valence-corrected chi connectivity index (χ4v) is 4.39. The van der Waals surface area contributed by atoms with Crippen LogP contribution in [-0.4, -0.2) is 25.0 Å². The van der Waals surface area contributed by atoms with E-state index in [0.29, 0.717) is 39.2 Å². The number of benzene rings is 3. The van der Waals surface area contributed by atoms with Crippen LogP contribution in [0.1, 0.15) is 23.6 Å². The van der Waals surface area contributed by atoms with Crippen LogP contribution in [0, 0.1) is 5.82 Å². The van der Waals surface area contributed by atoms with Gasteiger partial charge in [0, 0.05) is 0 Å². The lowest BCUT2D eigenvalue weighted by atomic mass is 10.0. The molecule has 4 amide bonds. The van der Waals surface area contributed by atoms with Crippen LogP contribution in [0.2, 0.25) is 0 Å². The standard InChI is InChI=1S/C27H22BrFN2O5/c1-3-18-8-4-5-10-22(18)31-26(33)20(25(32)30-27(31)34)12-17-13-21(28)24(23(14-17)35-2)36-15-16-7-6-9-19(29)11-16/h4-14H,3,15H2,1-2H3,(H,30,32,34)/b20-12-. The number of imide groups is 2. The third kappa shape index (κ3) is 5.16. The van der Waals surface area contributed by atoms with Gasteiger partial charge in [-0.3, -0.25) is 14.9 Å². The number of methoxy groups -OCH3 is 1. The van der Waals surface area contributed by atoms with Gasteiger partial charge in [-0.25, -0.2) is 14.1 Å². The highest BCUT2D eigenvalue weighted by Crippen LogP contribution is 2.38. The summed E-state index contributed by atoms with van der Waals surface area (Å²) < 4.78 is 25.3. The lowest BCUT2D eigenvalue weighted by Crippen LogP contribution is -2.54. The van der Waals surface area contributed by atoms with E-state index in [-0.39, 0.29) is 18.0 Å². The van der Waals surface area contributed by atoms with Gasteiger partial charge in [0.25, 0.3) is 11.8 Å². The fourth-order valence-electron chi connectivity index (χ4n) is 3.82. The molecule has 1 aliphatic rings. The number of urea groups is 1. The highest BCUT2D eigenvalue weighted by atomic mass is 79.9. The van der Waals surface area contributed by atoms with E-state index < -0.39 is 17.8 Å². The van der Waals surface area contributed by atoms with Crippen LogP contribution in [0.3, 0.4) is 0 Å². The largest absolute Gasteiger partial charge is 0.493 e. The van der Waals surface area contributed by atoms with Crippen molar-refractivity contribution < 1.29 is 28.2 Å². The van der Waals surface area contributed by atoms with Gasteiger partial charge in [-0.05, 0) is 75.4 Å². The number of barbiturate groups is 1. The van der Waals surface area contributed by atoms with Crippen LogP contribution in [0.15, 0.2) is 70.7 Å². The Kier molecular flexibility index (Phi) is 7.49. The van der Waals surface area contributed by atoms with Crippen molar-refractivity contribution in [3.8, 4) is 11.5 Å². The van der Waals surface area contributed by atoms with Crippen molar-refractivity contribution in [2.75, 3.05) is 12.0 Å². The minimum atomic E-state index is -0.803. The second-order valence-corrected chi connectivity index (χ2v) is 8.75. The summed E-state index contributed by atoms with van der Waals surface area (Å²) in [6.07, 6.45) is 1.98. The summed E-state index contributed by atoms with van der Waals surface area (Å²) >= 11 is 3.44. The number of rotatable bonds is 7. The molecule has 0 bridgehead atoms. The fraction of sp³-hybridized carbons (Fsp3) is 0.148. The van der Waals surface area contributed by atoms with Crippen molar-refractivity contribution in [1.29, 1.82) is 0 Å². The molecule has 9 heteroatoms. The van der Waals surface area contributed by atoms with Gasteiger partial charge in [0.2, 0.25) is 0 Å². The molecule has 0 aliphatic carbocycles. The van der Waals surface area contributed by atoms with Gasteiger partial charge >= 0.3 is 6.03 Å². The zero-order valence-electron chi connectivity index (χ0n) is 19.5. The number of carbonyl (C=O) groups excluding carboxylic acids is 3. The zero-order valence-corrected chi connectivity index (χ0v) is 21.1. The summed E-state index contributed by atoms with van der Waals surface area (Å²) in [5.74, 6) is -1.19. The average Bonchev–Trinajstić information content (AvgIpc) is 2.86. The predicted molar refractivity (Wildman–Crippen MR) is 136 cm³/mol. The molecule has 1 fully saturated rings. The Hall–Kier alpha value is -3.98. The van der Waals surface area contributed by atoms with Gasteiger partial charge in [0.1, 0.15) is 18.0 Å². The van der Waals surface area contributed by atoms with Crippen LogP contribution in [-0.2, 0) is 22.6 Å². The molecule has 1 saturated heterocycles. The van der Waals surface area contributed by atoms with E-state index >= 15 is 0 Å². The van der Waals surface area contributed by atoms with Crippen LogP contribution in [0.4, 0.5) is 14.9 Å². The molecule has 3 aromatic rings. The molecule has 0 radical (unpaired) electrons. The van der Waals surface area contributed by atoms with Crippen molar-refractivity contribution in [1.82, 2.24) is 5.32 Å². The SMILES string of the molecule is CCc1ccccc1N1C(=O)NC(=O)/C(=C/c2cc(Br)c(OCc3cccc(F)c3)c(OC)c2)C1=O. The third-order valence-corrected chi connectivity index (χ3v) is 6.14. The topological polar surface area (TPSA) is 84.9 Å². The summed E-state index contributed by atoms with van der Waals surface area (Å²) in [6, 6.07) is 15.5. The maximum atomic E-state index is 13.5. The number of hydrogen-bond acceptors (Lipinski definition) is 5. The summed E-state index contributed by atoms with van der Waals surface area (Å²) in [6.45, 7) is 2.01. The number of nitrogens with zero attached hydrogens (tertiary/aromatic N) is 1. The molecule has 36 heavy (non-hydrogen) atoms. The number of ether oxygens (including phenoxy) is 2. The smallest absolute Gasteiger partial charge is 0.335 e. The van der Waals surface area contributed by atoms with Gasteiger partial charge in [-0.15, -0.1) is 0 Å². The molecule has 0 spiro atoms. The normalized spacial score (nSPS) is 14.7. The van der Waals surface area contributed by atoms with Crippen LogP contribution < -0.4 is 19.7 Å². The number of anilines is 1. The molecule has 4 rings (SSSR count). The Morgan fingerprint density at radius 3 is 2.56 bits per heavy atom. The molecular weight excluding hydrogens is 531 g/mol. The number of hydrogen-bond donors (Lipinski definition) is 1. The maximum Gasteiger partial charge on any atom is 0.335 e. The zero-order chi connectivity index (χ0) is 25.8. The summed E-state index contributed by atoms with van der Waals surface area (Å²) in [5, 5.41) is 2.24. The van der Waals surface area contributed by atoms with Crippen LogP contribution in [0.5, 0.6) is 11.5 Å². The molecule has 1 aliphatic heterocycles. The summed E-state index contributed by atoms with van der Waals surface area (Å²) in [4.78, 5) is 39.4. The highest BCUT2D eigenvalue weighted by molar-refractivity contribution is 9.10. The average molecular weight is 553 g/mol. The molecule has 0 saturated carbocycles. The predicted octanol–water partition coefficient (Wildman–Crippen LogP) is 5.40. The molecule has 3 aromatic carbocycles. The Labute approximate surface area is 215 Å². The van der Waals surface area contributed by atoms with Crippen molar-refractivity contribution in [3.63, 3.8) is 0 Å². The molecule has 7 nitrogen and oxygen atoms in total. The first-order chi connectivity index (χ1) is 17.3. The molecule has 1 heterocycles. The number of halogens is 2. The number of amides is 4. The quantitative estimate of drug-likeness (QED) is 0.313. The van der Waals surface area contributed by atoms with Crippen molar-refractivity contribution in [3.05, 3.63) is 93.2 Å². The number of aryl methyl sites for hydroxylation is 1. The molecule has 184 valence electrons. The second-order valence-electron chi connectivity index (χ2n) is 7.89. The van der Waals surface area contributed by atoms with Crippen LogP contribution in [0.25, 0.3) is 6.08 Å². The van der Waals surface area contributed by atoms with Gasteiger partial charge in [-0.1, -0.05) is 37.3 Å². The number of carbonyl (C=O) groups is 3. The maximum absolute atomic E-state index is 13.5. The molecule has 0 unspecified atom stereocenters.